The van der Waals surface area contributed by atoms with E-state index >= 15 is 0 Å². The summed E-state index contributed by atoms with van der Waals surface area (Å²) in [6.07, 6.45) is 1.17. The zero-order chi connectivity index (χ0) is 16.8. The number of carbonyl (C=O) groups is 2. The van der Waals surface area contributed by atoms with E-state index in [-0.39, 0.29) is 11.5 Å². The van der Waals surface area contributed by atoms with Crippen LogP contribution in [0.5, 0.6) is 5.75 Å². The van der Waals surface area contributed by atoms with E-state index in [1.807, 2.05) is 30.5 Å². The molecule has 1 unspecified atom stereocenters. The molecule has 120 valence electrons. The molecule has 0 aliphatic rings. The fourth-order valence-corrected chi connectivity index (χ4v) is 2.55. The maximum Gasteiger partial charge on any atom is 0.265 e. The van der Waals surface area contributed by atoms with Crippen LogP contribution in [0.1, 0.15) is 17.3 Å². The molecule has 0 heterocycles. The lowest BCUT2D eigenvalue weighted by molar-refractivity contribution is -0.122. The molecular weight excluding hydrogens is 312 g/mol. The zero-order valence-electron chi connectivity index (χ0n) is 12.9. The number of ether oxygens (including phenoxy) is 1. The highest BCUT2D eigenvalue weighted by Crippen LogP contribution is 2.25. The van der Waals surface area contributed by atoms with Crippen molar-refractivity contribution in [1.82, 2.24) is 0 Å². The first kappa shape index (κ1) is 16.9. The summed E-state index contributed by atoms with van der Waals surface area (Å²) in [5, 5.41) is 2.83. The van der Waals surface area contributed by atoms with E-state index < -0.39 is 12.0 Å². The highest BCUT2D eigenvalue weighted by Gasteiger charge is 2.18. The number of thioether (sulfide) groups is 1. The number of hydrogen-bond acceptors (Lipinski definition) is 4. The Morgan fingerprint density at radius 3 is 2.48 bits per heavy atom. The van der Waals surface area contributed by atoms with E-state index in [0.717, 1.165) is 10.6 Å². The molecule has 2 amide bonds. The van der Waals surface area contributed by atoms with Gasteiger partial charge in [-0.3, -0.25) is 9.59 Å². The third-order valence-electron chi connectivity index (χ3n) is 3.19. The fourth-order valence-electron chi connectivity index (χ4n) is 2.00. The van der Waals surface area contributed by atoms with Crippen LogP contribution in [-0.2, 0) is 4.79 Å². The molecule has 0 saturated heterocycles. The maximum atomic E-state index is 12.3. The van der Waals surface area contributed by atoms with Gasteiger partial charge in [0.15, 0.2) is 6.10 Å². The predicted molar refractivity (Wildman–Crippen MR) is 91.9 cm³/mol. The number of nitrogens with two attached hydrogens (primary N) is 1. The monoisotopic (exact) mass is 330 g/mol. The second-order valence-corrected chi connectivity index (χ2v) is 5.66. The summed E-state index contributed by atoms with van der Waals surface area (Å²) < 4.78 is 5.59. The van der Waals surface area contributed by atoms with Gasteiger partial charge < -0.3 is 15.8 Å². The third kappa shape index (κ3) is 4.26. The first-order valence-electron chi connectivity index (χ1n) is 7.02. The lowest BCUT2D eigenvalue weighted by Gasteiger charge is -2.17. The molecule has 2 aromatic carbocycles. The summed E-state index contributed by atoms with van der Waals surface area (Å²) in [7, 11) is 0. The Balaban J connectivity index is 2.10. The first-order chi connectivity index (χ1) is 11.0. The predicted octanol–water partition coefficient (Wildman–Crippen LogP) is 2.91. The minimum Gasteiger partial charge on any atom is -0.480 e. The molecule has 23 heavy (non-hydrogen) atoms. The molecule has 0 aliphatic carbocycles. The Bertz CT molecular complexity index is 718. The Morgan fingerprint density at radius 1 is 1.13 bits per heavy atom. The standard InChI is InChI=1S/C17H18N2O3S/c1-11(22-14-9-5-3-7-12(14)16(18)20)17(21)19-13-8-4-6-10-15(13)23-2/h3-11H,1-2H3,(H2,18,20)(H,19,21). The van der Waals surface area contributed by atoms with Gasteiger partial charge in [-0.2, -0.15) is 0 Å². The lowest BCUT2D eigenvalue weighted by Crippen LogP contribution is -2.31. The minimum atomic E-state index is -0.773. The number of benzene rings is 2. The summed E-state index contributed by atoms with van der Waals surface area (Å²) in [5.41, 5.74) is 6.28. The van der Waals surface area contributed by atoms with Crippen LogP contribution in [0.3, 0.4) is 0 Å². The van der Waals surface area contributed by atoms with Crippen LogP contribution < -0.4 is 15.8 Å². The van der Waals surface area contributed by atoms with Gasteiger partial charge in [-0.05, 0) is 37.4 Å². The second-order valence-electron chi connectivity index (χ2n) is 4.81. The normalized spacial score (nSPS) is 11.6. The molecule has 0 fully saturated rings. The molecule has 5 nitrogen and oxygen atoms in total. The molecule has 1 atom stereocenters. The Hall–Kier alpha value is -2.47. The highest BCUT2D eigenvalue weighted by molar-refractivity contribution is 7.98. The van der Waals surface area contributed by atoms with Crippen molar-refractivity contribution in [1.29, 1.82) is 0 Å². The van der Waals surface area contributed by atoms with E-state index in [1.54, 1.807) is 43.0 Å². The van der Waals surface area contributed by atoms with Gasteiger partial charge in [0.25, 0.3) is 11.8 Å². The van der Waals surface area contributed by atoms with E-state index in [4.69, 9.17) is 10.5 Å². The van der Waals surface area contributed by atoms with Crippen molar-refractivity contribution < 1.29 is 14.3 Å². The molecule has 0 radical (unpaired) electrons. The van der Waals surface area contributed by atoms with Crippen LogP contribution in [0.2, 0.25) is 0 Å². The van der Waals surface area contributed by atoms with Gasteiger partial charge in [-0.15, -0.1) is 11.8 Å². The van der Waals surface area contributed by atoms with Crippen molar-refractivity contribution in [2.75, 3.05) is 11.6 Å². The van der Waals surface area contributed by atoms with Crippen LogP contribution >= 0.6 is 11.8 Å². The summed E-state index contributed by atoms with van der Waals surface area (Å²) >= 11 is 1.54. The van der Waals surface area contributed by atoms with E-state index in [1.165, 1.54) is 0 Å². The van der Waals surface area contributed by atoms with E-state index in [2.05, 4.69) is 5.32 Å². The fraction of sp³-hybridized carbons (Fsp3) is 0.176. The molecule has 6 heteroatoms. The number of primary amides is 1. The number of rotatable bonds is 6. The number of carbonyl (C=O) groups excluding carboxylic acids is 2. The average molecular weight is 330 g/mol. The van der Waals surface area contributed by atoms with Gasteiger partial charge in [0.1, 0.15) is 5.75 Å². The van der Waals surface area contributed by atoms with Crippen LogP contribution in [-0.4, -0.2) is 24.2 Å². The Morgan fingerprint density at radius 2 is 1.78 bits per heavy atom. The van der Waals surface area contributed by atoms with Crippen LogP contribution in [0.15, 0.2) is 53.4 Å². The molecule has 0 aromatic heterocycles. The SMILES string of the molecule is CSc1ccccc1NC(=O)C(C)Oc1ccccc1C(N)=O. The van der Waals surface area contributed by atoms with Crippen molar-refractivity contribution in [2.45, 2.75) is 17.9 Å². The largest absolute Gasteiger partial charge is 0.480 e. The van der Waals surface area contributed by atoms with Gasteiger partial charge in [-0.1, -0.05) is 24.3 Å². The van der Waals surface area contributed by atoms with Gasteiger partial charge in [0.2, 0.25) is 0 Å². The molecule has 2 aromatic rings. The third-order valence-corrected chi connectivity index (χ3v) is 3.99. The van der Waals surface area contributed by atoms with Crippen molar-refractivity contribution in [2.24, 2.45) is 5.73 Å². The zero-order valence-corrected chi connectivity index (χ0v) is 13.7. The quantitative estimate of drug-likeness (QED) is 0.798. The van der Waals surface area contributed by atoms with Gasteiger partial charge in [-0.25, -0.2) is 0 Å². The van der Waals surface area contributed by atoms with Crippen LogP contribution in [0, 0.1) is 0 Å². The van der Waals surface area contributed by atoms with Crippen molar-refractivity contribution in [3.05, 3.63) is 54.1 Å². The van der Waals surface area contributed by atoms with Crippen LogP contribution in [0.25, 0.3) is 0 Å². The number of anilines is 1. The van der Waals surface area contributed by atoms with Crippen molar-refractivity contribution in [3.63, 3.8) is 0 Å². The van der Waals surface area contributed by atoms with Gasteiger partial charge in [0.05, 0.1) is 11.3 Å². The molecular formula is C17H18N2O3S. The van der Waals surface area contributed by atoms with Gasteiger partial charge >= 0.3 is 0 Å². The molecule has 0 bridgehead atoms. The average Bonchev–Trinajstić information content (AvgIpc) is 2.55. The summed E-state index contributed by atoms with van der Waals surface area (Å²) in [6, 6.07) is 14.1. The Kier molecular flexibility index (Phi) is 5.65. The molecule has 2 rings (SSSR count). The lowest BCUT2D eigenvalue weighted by atomic mass is 10.2. The topological polar surface area (TPSA) is 81.4 Å². The first-order valence-corrected chi connectivity index (χ1v) is 8.24. The van der Waals surface area contributed by atoms with E-state index in [0.29, 0.717) is 5.75 Å². The highest BCUT2D eigenvalue weighted by atomic mass is 32.2. The minimum absolute atomic E-state index is 0.247. The molecule has 0 spiro atoms. The maximum absolute atomic E-state index is 12.3. The summed E-state index contributed by atoms with van der Waals surface area (Å²) in [5.74, 6) is -0.604. The van der Waals surface area contributed by atoms with E-state index in [9.17, 15) is 9.59 Å². The smallest absolute Gasteiger partial charge is 0.265 e. The number of hydrogen-bond donors (Lipinski definition) is 2. The number of para-hydroxylation sites is 2. The Labute approximate surface area is 139 Å². The molecule has 3 N–H and O–H groups in total. The number of nitrogens with one attached hydrogen (secondary N) is 1. The summed E-state index contributed by atoms with van der Waals surface area (Å²) in [6.45, 7) is 1.62. The second kappa shape index (κ2) is 7.69. The summed E-state index contributed by atoms with van der Waals surface area (Å²) in [4.78, 5) is 24.7. The molecule has 0 aliphatic heterocycles. The number of amides is 2. The van der Waals surface area contributed by atoms with Crippen LogP contribution in [0.4, 0.5) is 5.69 Å². The van der Waals surface area contributed by atoms with Crippen molar-refractivity contribution >= 4 is 29.3 Å². The van der Waals surface area contributed by atoms with Gasteiger partial charge in [0, 0.05) is 4.90 Å². The molecule has 0 saturated carbocycles. The van der Waals surface area contributed by atoms with Crippen molar-refractivity contribution in [3.8, 4) is 5.75 Å².